The van der Waals surface area contributed by atoms with E-state index in [0.717, 1.165) is 0 Å². The van der Waals surface area contributed by atoms with Crippen molar-refractivity contribution < 1.29 is 0 Å². The third-order valence-corrected chi connectivity index (χ3v) is 3.33. The lowest BCUT2D eigenvalue weighted by atomic mass is 10.1. The van der Waals surface area contributed by atoms with Crippen LogP contribution in [0.5, 0.6) is 0 Å². The average molecular weight is 277 g/mol. The van der Waals surface area contributed by atoms with Gasteiger partial charge in [0.15, 0.2) is 11.0 Å². The van der Waals surface area contributed by atoms with Gasteiger partial charge in [0.2, 0.25) is 0 Å². The molecular formula is C14H17ClN4. The van der Waals surface area contributed by atoms with Crippen molar-refractivity contribution in [2.75, 3.05) is 11.1 Å². The maximum atomic E-state index is 5.93. The monoisotopic (exact) mass is 276 g/mol. The first-order valence-corrected chi connectivity index (χ1v) is 6.45. The molecule has 0 saturated heterocycles. The van der Waals surface area contributed by atoms with E-state index < -0.39 is 0 Å². The lowest BCUT2D eigenvalue weighted by Crippen LogP contribution is -2.07. The van der Waals surface area contributed by atoms with E-state index in [2.05, 4.69) is 47.3 Å². The van der Waals surface area contributed by atoms with Crippen LogP contribution in [0.15, 0.2) is 18.2 Å². The Morgan fingerprint density at radius 3 is 2.58 bits per heavy atom. The van der Waals surface area contributed by atoms with Crippen molar-refractivity contribution in [2.24, 2.45) is 0 Å². The number of aromatic nitrogens is 2. The molecule has 2 aromatic rings. The molecule has 100 valence electrons. The van der Waals surface area contributed by atoms with Gasteiger partial charge in [0.25, 0.3) is 0 Å². The van der Waals surface area contributed by atoms with Crippen molar-refractivity contribution in [1.29, 1.82) is 0 Å². The zero-order valence-electron chi connectivity index (χ0n) is 11.3. The highest BCUT2D eigenvalue weighted by Crippen LogP contribution is 2.24. The first kappa shape index (κ1) is 13.6. The van der Waals surface area contributed by atoms with Gasteiger partial charge in [-0.15, -0.1) is 0 Å². The standard InChI is InChI=1S/C14H17ClN4/c1-8-4-5-11(6-9(8)2)7-17-14-12(16)13(15)18-10(3)19-14/h4-6H,7,16H2,1-3H3,(H,17,18,19). The van der Waals surface area contributed by atoms with E-state index >= 15 is 0 Å². The average Bonchev–Trinajstić information content (AvgIpc) is 2.36. The zero-order valence-corrected chi connectivity index (χ0v) is 12.0. The first-order chi connectivity index (χ1) is 8.97. The lowest BCUT2D eigenvalue weighted by molar-refractivity contribution is 1.02. The van der Waals surface area contributed by atoms with Crippen LogP contribution in [0.4, 0.5) is 11.5 Å². The van der Waals surface area contributed by atoms with Crippen LogP contribution in [-0.2, 0) is 6.54 Å². The van der Waals surface area contributed by atoms with Crippen molar-refractivity contribution in [3.63, 3.8) is 0 Å². The molecule has 1 aromatic heterocycles. The van der Waals surface area contributed by atoms with Crippen LogP contribution in [0.25, 0.3) is 0 Å². The molecule has 0 atom stereocenters. The second-order valence-corrected chi connectivity index (χ2v) is 4.95. The Morgan fingerprint density at radius 1 is 1.16 bits per heavy atom. The maximum absolute atomic E-state index is 5.93. The predicted molar refractivity (Wildman–Crippen MR) is 79.4 cm³/mol. The summed E-state index contributed by atoms with van der Waals surface area (Å²) >= 11 is 5.93. The van der Waals surface area contributed by atoms with Gasteiger partial charge in [-0.1, -0.05) is 29.8 Å². The van der Waals surface area contributed by atoms with Crippen molar-refractivity contribution >= 4 is 23.1 Å². The van der Waals surface area contributed by atoms with Gasteiger partial charge < -0.3 is 11.1 Å². The van der Waals surface area contributed by atoms with Crippen molar-refractivity contribution in [3.05, 3.63) is 45.9 Å². The molecule has 0 spiro atoms. The molecule has 0 bridgehead atoms. The number of halogens is 1. The molecule has 3 N–H and O–H groups in total. The molecule has 0 radical (unpaired) electrons. The van der Waals surface area contributed by atoms with Crippen LogP contribution in [0.3, 0.4) is 0 Å². The molecule has 1 heterocycles. The third-order valence-electron chi connectivity index (χ3n) is 3.04. The third kappa shape index (κ3) is 3.15. The lowest BCUT2D eigenvalue weighted by Gasteiger charge is -2.11. The summed E-state index contributed by atoms with van der Waals surface area (Å²) in [6.07, 6.45) is 0. The van der Waals surface area contributed by atoms with Gasteiger partial charge in [-0.2, -0.15) is 0 Å². The summed E-state index contributed by atoms with van der Waals surface area (Å²) in [6.45, 7) is 6.63. The Balaban J connectivity index is 2.16. The number of rotatable bonds is 3. The number of hydrogen-bond acceptors (Lipinski definition) is 4. The van der Waals surface area contributed by atoms with E-state index in [1.165, 1.54) is 16.7 Å². The van der Waals surface area contributed by atoms with Crippen molar-refractivity contribution in [2.45, 2.75) is 27.3 Å². The van der Waals surface area contributed by atoms with Gasteiger partial charge in [0.05, 0.1) is 0 Å². The Labute approximate surface area is 118 Å². The predicted octanol–water partition coefficient (Wildman–Crippen LogP) is 3.25. The van der Waals surface area contributed by atoms with E-state index in [1.807, 2.05) is 0 Å². The van der Waals surface area contributed by atoms with Gasteiger partial charge in [0.1, 0.15) is 11.5 Å². The van der Waals surface area contributed by atoms with Crippen LogP contribution in [-0.4, -0.2) is 9.97 Å². The second-order valence-electron chi connectivity index (χ2n) is 4.60. The summed E-state index contributed by atoms with van der Waals surface area (Å²) < 4.78 is 0. The number of hydrogen-bond donors (Lipinski definition) is 2. The summed E-state index contributed by atoms with van der Waals surface area (Å²) in [4.78, 5) is 8.26. The fourth-order valence-corrected chi connectivity index (χ4v) is 1.99. The number of nitrogens with zero attached hydrogens (tertiary/aromatic N) is 2. The minimum Gasteiger partial charge on any atom is -0.393 e. The number of nitrogens with two attached hydrogens (primary N) is 1. The second kappa shape index (κ2) is 5.45. The molecule has 0 fully saturated rings. The van der Waals surface area contributed by atoms with Gasteiger partial charge in [-0.05, 0) is 37.5 Å². The number of nitrogen functional groups attached to an aromatic ring is 1. The fourth-order valence-electron chi connectivity index (χ4n) is 1.78. The molecule has 1 aromatic carbocycles. The maximum Gasteiger partial charge on any atom is 0.157 e. The van der Waals surface area contributed by atoms with E-state index in [4.69, 9.17) is 17.3 Å². The summed E-state index contributed by atoms with van der Waals surface area (Å²) in [6, 6.07) is 6.34. The molecule has 19 heavy (non-hydrogen) atoms. The molecule has 0 unspecified atom stereocenters. The minimum atomic E-state index is 0.287. The molecule has 0 aliphatic carbocycles. The summed E-state index contributed by atoms with van der Waals surface area (Å²) in [5.74, 6) is 1.18. The van der Waals surface area contributed by atoms with Gasteiger partial charge >= 0.3 is 0 Å². The van der Waals surface area contributed by atoms with Crippen LogP contribution in [0.2, 0.25) is 5.15 Å². The summed E-state index contributed by atoms with van der Waals surface area (Å²) in [5.41, 5.74) is 9.96. The number of anilines is 2. The normalized spacial score (nSPS) is 10.5. The van der Waals surface area contributed by atoms with Crippen molar-refractivity contribution in [1.82, 2.24) is 9.97 Å². The number of aryl methyl sites for hydroxylation is 3. The van der Waals surface area contributed by atoms with Crippen LogP contribution in [0.1, 0.15) is 22.5 Å². The van der Waals surface area contributed by atoms with Crippen LogP contribution >= 0.6 is 11.6 Å². The largest absolute Gasteiger partial charge is 0.393 e. The fraction of sp³-hybridized carbons (Fsp3) is 0.286. The Morgan fingerprint density at radius 2 is 1.89 bits per heavy atom. The van der Waals surface area contributed by atoms with Gasteiger partial charge in [0, 0.05) is 6.54 Å². The quantitative estimate of drug-likeness (QED) is 0.845. The van der Waals surface area contributed by atoms with Gasteiger partial charge in [-0.3, -0.25) is 0 Å². The number of benzene rings is 1. The van der Waals surface area contributed by atoms with E-state index in [1.54, 1.807) is 6.92 Å². The van der Waals surface area contributed by atoms with Gasteiger partial charge in [-0.25, -0.2) is 9.97 Å². The number of nitrogens with one attached hydrogen (secondary N) is 1. The highest BCUT2D eigenvalue weighted by atomic mass is 35.5. The SMILES string of the molecule is Cc1nc(Cl)c(N)c(NCc2ccc(C)c(C)c2)n1. The zero-order chi connectivity index (χ0) is 14.0. The smallest absolute Gasteiger partial charge is 0.157 e. The Kier molecular flexibility index (Phi) is 3.90. The Bertz CT molecular complexity index is 611. The summed E-state index contributed by atoms with van der Waals surface area (Å²) in [7, 11) is 0. The van der Waals surface area contributed by atoms with Crippen molar-refractivity contribution in [3.8, 4) is 0 Å². The molecular weight excluding hydrogens is 260 g/mol. The molecule has 0 aliphatic rings. The van der Waals surface area contributed by atoms with E-state index in [0.29, 0.717) is 23.9 Å². The molecule has 5 heteroatoms. The van der Waals surface area contributed by atoms with E-state index in [-0.39, 0.29) is 5.15 Å². The molecule has 0 saturated carbocycles. The van der Waals surface area contributed by atoms with E-state index in [9.17, 15) is 0 Å². The highest BCUT2D eigenvalue weighted by molar-refractivity contribution is 6.32. The molecule has 4 nitrogen and oxygen atoms in total. The Hall–Kier alpha value is -1.81. The summed E-state index contributed by atoms with van der Waals surface area (Å²) in [5, 5.41) is 3.48. The topological polar surface area (TPSA) is 63.8 Å². The first-order valence-electron chi connectivity index (χ1n) is 6.07. The highest BCUT2D eigenvalue weighted by Gasteiger charge is 2.08. The molecule has 0 amide bonds. The minimum absolute atomic E-state index is 0.287. The van der Waals surface area contributed by atoms with Crippen LogP contribution in [0, 0.1) is 20.8 Å². The molecule has 2 rings (SSSR count). The van der Waals surface area contributed by atoms with Crippen LogP contribution < -0.4 is 11.1 Å². The molecule has 0 aliphatic heterocycles.